The number of carbonyl (C=O) groups is 1. The molecule has 14 nitrogen and oxygen atoms in total. The van der Waals surface area contributed by atoms with E-state index >= 15 is 4.79 Å². The first-order chi connectivity index (χ1) is 34.1. The van der Waals surface area contributed by atoms with Crippen molar-refractivity contribution >= 4 is 17.5 Å². The molecule has 1 saturated carbocycles. The Hall–Kier alpha value is -6.94. The zero-order chi connectivity index (χ0) is 49.0. The fourth-order valence-corrected chi connectivity index (χ4v) is 10.2. The Morgan fingerprint density at radius 2 is 1.67 bits per heavy atom. The van der Waals surface area contributed by atoms with Crippen molar-refractivity contribution in [2.75, 3.05) is 19.8 Å². The molecule has 5 aromatic rings. The molecular weight excluding hydrogens is 896 g/mol. The Labute approximate surface area is 407 Å². The number of halogens is 1. The number of oxime groups is 1. The fourth-order valence-electron chi connectivity index (χ4n) is 10.2. The van der Waals surface area contributed by atoms with Gasteiger partial charge in [0.1, 0.15) is 42.3 Å². The second-order valence-electron chi connectivity index (χ2n) is 18.0. The maximum absolute atomic E-state index is 15.1. The van der Waals surface area contributed by atoms with Crippen LogP contribution in [0.4, 0.5) is 14.9 Å². The number of pyridine rings is 1. The number of carbonyl (C=O) groups excluding carboxylic acids is 1. The van der Waals surface area contributed by atoms with Gasteiger partial charge < -0.3 is 34.0 Å². The molecule has 2 heterocycles. The van der Waals surface area contributed by atoms with Crippen molar-refractivity contribution in [3.63, 3.8) is 0 Å². The molecule has 70 heavy (non-hydrogen) atoms. The maximum Gasteiger partial charge on any atom is 0.416 e. The summed E-state index contributed by atoms with van der Waals surface area (Å²) in [5.41, 5.74) is 5.21. The van der Waals surface area contributed by atoms with Crippen LogP contribution in [0.1, 0.15) is 78.9 Å². The highest BCUT2D eigenvalue weighted by Gasteiger charge is 2.65. The number of nitrogens with zero attached hydrogens (tertiary/aromatic N) is 4. The van der Waals surface area contributed by atoms with Crippen LogP contribution in [0.15, 0.2) is 145 Å². The Kier molecular flexibility index (Phi) is 16.3. The topological polar surface area (TPSA) is 175 Å². The van der Waals surface area contributed by atoms with Crippen molar-refractivity contribution in [3.8, 4) is 17.2 Å². The van der Waals surface area contributed by atoms with Gasteiger partial charge in [0.05, 0.1) is 28.9 Å². The summed E-state index contributed by atoms with van der Waals surface area (Å²) < 4.78 is 41.5. The lowest BCUT2D eigenvalue weighted by Crippen LogP contribution is -2.70. The molecule has 3 aliphatic rings. The number of aryl methyl sites for hydroxylation is 1. The Balaban J connectivity index is 1.32. The summed E-state index contributed by atoms with van der Waals surface area (Å²) in [4.78, 5) is 38.5. The van der Waals surface area contributed by atoms with Gasteiger partial charge in [0.2, 0.25) is 5.79 Å². The lowest BCUT2D eigenvalue weighted by atomic mass is 9.55. The smallest absolute Gasteiger partial charge is 0.416 e. The molecule has 2 N–H and O–H groups in total. The number of non-ortho nitro benzene ring substituents is 1. The van der Waals surface area contributed by atoms with Crippen LogP contribution in [0.5, 0.6) is 17.2 Å². The van der Waals surface area contributed by atoms with Crippen molar-refractivity contribution in [1.29, 1.82) is 0 Å². The van der Waals surface area contributed by atoms with E-state index in [1.165, 1.54) is 41.3 Å². The number of nitro benzene ring substituents is 1. The van der Waals surface area contributed by atoms with Gasteiger partial charge in [-0.2, -0.15) is 0 Å². The molecule has 15 heteroatoms. The van der Waals surface area contributed by atoms with E-state index in [4.69, 9.17) is 28.9 Å². The van der Waals surface area contributed by atoms with Crippen LogP contribution in [0.2, 0.25) is 0 Å². The number of unbranched alkanes of at least 4 members (excludes halogenated alkanes) is 2. The van der Waals surface area contributed by atoms with Crippen molar-refractivity contribution in [3.05, 3.63) is 184 Å². The van der Waals surface area contributed by atoms with E-state index in [9.17, 15) is 24.7 Å². The van der Waals surface area contributed by atoms with Gasteiger partial charge in [-0.15, -0.1) is 6.58 Å². The summed E-state index contributed by atoms with van der Waals surface area (Å²) >= 11 is 0. The van der Waals surface area contributed by atoms with E-state index in [-0.39, 0.29) is 75.2 Å². The quantitative estimate of drug-likeness (QED) is 0.0292. The van der Waals surface area contributed by atoms with Crippen molar-refractivity contribution in [1.82, 2.24) is 9.88 Å². The van der Waals surface area contributed by atoms with Gasteiger partial charge in [-0.05, 0) is 116 Å². The lowest BCUT2D eigenvalue weighted by Gasteiger charge is -2.59. The molecule has 8 rings (SSSR count). The summed E-state index contributed by atoms with van der Waals surface area (Å²) in [6.07, 6.45) is 7.27. The van der Waals surface area contributed by atoms with Crippen molar-refractivity contribution in [2.24, 2.45) is 22.9 Å². The summed E-state index contributed by atoms with van der Waals surface area (Å²) in [6, 6.07) is 31.2. The number of benzene rings is 4. The van der Waals surface area contributed by atoms with Gasteiger partial charge in [0.15, 0.2) is 0 Å². The van der Waals surface area contributed by atoms with Crippen LogP contribution < -0.4 is 14.2 Å². The number of aliphatic hydroxyl groups excluding tert-OH is 2. The monoisotopic (exact) mass is 954 g/mol. The normalized spacial score (nSPS) is 21.6. The molecule has 0 saturated heterocycles. The summed E-state index contributed by atoms with van der Waals surface area (Å²) in [7, 11) is 0. The molecule has 4 aromatic carbocycles. The predicted octanol–water partition coefficient (Wildman–Crippen LogP) is 10.6. The molecule has 1 amide bonds. The average Bonchev–Trinajstić information content (AvgIpc) is 3.36. The van der Waals surface area contributed by atoms with Crippen LogP contribution in [-0.4, -0.2) is 68.5 Å². The number of aromatic nitrogens is 1. The first kappa shape index (κ1) is 49.5. The molecule has 0 bridgehead atoms. The molecule has 0 radical (unpaired) electrons. The molecule has 0 spiro atoms. The van der Waals surface area contributed by atoms with E-state index in [1.807, 2.05) is 73.7 Å². The number of rotatable bonds is 22. The highest BCUT2D eigenvalue weighted by atomic mass is 19.1. The summed E-state index contributed by atoms with van der Waals surface area (Å²) in [5.74, 6) is -2.02. The first-order valence-electron chi connectivity index (χ1n) is 23.9. The van der Waals surface area contributed by atoms with Crippen molar-refractivity contribution < 1.29 is 48.1 Å². The van der Waals surface area contributed by atoms with Crippen molar-refractivity contribution in [2.45, 2.75) is 89.4 Å². The van der Waals surface area contributed by atoms with Gasteiger partial charge in [0, 0.05) is 55.5 Å². The summed E-state index contributed by atoms with van der Waals surface area (Å²) in [5, 5.41) is 36.5. The van der Waals surface area contributed by atoms with Crippen LogP contribution in [-0.2, 0) is 29.3 Å². The van der Waals surface area contributed by atoms with Crippen LogP contribution in [0.3, 0.4) is 0 Å². The maximum atomic E-state index is 15.1. The van der Waals surface area contributed by atoms with Crippen LogP contribution in [0.25, 0.3) is 0 Å². The molecule has 6 atom stereocenters. The number of hydrogen-bond acceptors (Lipinski definition) is 12. The number of allylic oxidation sites excluding steroid dienone is 1. The van der Waals surface area contributed by atoms with Gasteiger partial charge in [-0.25, -0.2) is 9.18 Å². The number of hydrogen-bond donors (Lipinski definition) is 2. The third-order valence-corrected chi connectivity index (χ3v) is 13.4. The second-order valence-corrected chi connectivity index (χ2v) is 18.0. The molecule has 1 aliphatic heterocycles. The van der Waals surface area contributed by atoms with Gasteiger partial charge >= 0.3 is 6.09 Å². The molecule has 1 fully saturated rings. The predicted molar refractivity (Wildman–Crippen MR) is 261 cm³/mol. The molecule has 2 aliphatic carbocycles. The minimum absolute atomic E-state index is 0.0148. The molecule has 0 unspecified atom stereocenters. The Morgan fingerprint density at radius 1 is 0.929 bits per heavy atom. The minimum atomic E-state index is -1.65. The number of amides is 1. The zero-order valence-electron chi connectivity index (χ0n) is 39.2. The zero-order valence-corrected chi connectivity index (χ0v) is 39.2. The van der Waals surface area contributed by atoms with E-state index in [2.05, 4.69) is 17.6 Å². The SMILES string of the molecule is C=CCO[C@@]12Oc3ccc(OCc4cccc(C)n4)cc3[C@H]3[C@H](CCCCO)[C@@H](CCCCO)C=C(C(=NOCc4ccccc4)C[C@@H]1N(Cc1ccc(F)cc1)C(=O)Oc1ccc([N+](=O)[O-])cc1)[C@H]32. The standard InChI is InChI=1S/C55H59FN4O10/c1-3-30-67-55-51(59(34-38-18-20-41(56)21-19-38)54(63)69-44-24-22-43(23-25-44)60(64)65)33-49(58-68-35-39-13-5-4-6-14-39)47-31-40(15-7-9-28-61)46(17-8-10-29-62)52(53(47)55)48-32-45(26-27-50(48)70-55)66-36-42-16-11-12-37(2)57-42/h3-6,11-14,16,18-27,31-32,40,46,51-53,61-62H,1,7-10,15,17,28-30,33-36H2,2H3/t40-,46+,51-,52+,53+,55+/m0/s1. The van der Waals surface area contributed by atoms with E-state index in [1.54, 1.807) is 18.2 Å². The lowest BCUT2D eigenvalue weighted by molar-refractivity contribution is -0.384. The van der Waals surface area contributed by atoms with Crippen LogP contribution in [0, 0.1) is 40.6 Å². The molecule has 366 valence electrons. The molecule has 1 aromatic heterocycles. The highest BCUT2D eigenvalue weighted by Crippen LogP contribution is 2.62. The fraction of sp³-hybridized carbons (Fsp3) is 0.364. The van der Waals surface area contributed by atoms with Gasteiger partial charge in [0.25, 0.3) is 5.69 Å². The second kappa shape index (κ2) is 23.1. The summed E-state index contributed by atoms with van der Waals surface area (Å²) in [6.45, 7) is 6.35. The average molecular weight is 955 g/mol. The number of aliphatic hydroxyl groups is 2. The first-order valence-corrected chi connectivity index (χ1v) is 23.9. The van der Waals surface area contributed by atoms with E-state index < -0.39 is 34.6 Å². The Bertz CT molecular complexity index is 2650. The largest absolute Gasteiger partial charge is 0.487 e. The van der Waals surface area contributed by atoms with E-state index in [0.29, 0.717) is 42.0 Å². The number of fused-ring (bicyclic) bond motifs is 2. The third-order valence-electron chi connectivity index (χ3n) is 13.4. The highest BCUT2D eigenvalue weighted by molar-refractivity contribution is 6.03. The van der Waals surface area contributed by atoms with Crippen LogP contribution >= 0.6 is 0 Å². The minimum Gasteiger partial charge on any atom is -0.487 e. The van der Waals surface area contributed by atoms with Gasteiger partial charge in [-0.3, -0.25) is 20.0 Å². The third kappa shape index (κ3) is 11.4. The molecular formula is C55H59FN4O10. The number of nitro groups is 1. The van der Waals surface area contributed by atoms with Gasteiger partial charge in [-0.1, -0.05) is 78.7 Å². The Morgan fingerprint density at radius 3 is 2.39 bits per heavy atom. The van der Waals surface area contributed by atoms with E-state index in [0.717, 1.165) is 47.4 Å². The number of ether oxygens (including phenoxy) is 4.